The van der Waals surface area contributed by atoms with Crippen molar-refractivity contribution in [2.45, 2.75) is 12.8 Å². The summed E-state index contributed by atoms with van der Waals surface area (Å²) in [5.41, 5.74) is 3.79. The Morgan fingerprint density at radius 1 is 0.939 bits per heavy atom. The first kappa shape index (κ1) is 20.8. The molecular formula is C27H24N4O2. The summed E-state index contributed by atoms with van der Waals surface area (Å²) in [6.45, 7) is 1.04. The van der Waals surface area contributed by atoms with E-state index in [0.717, 1.165) is 40.7 Å². The van der Waals surface area contributed by atoms with Crippen LogP contribution in [-0.2, 0) is 4.79 Å². The third kappa shape index (κ3) is 4.46. The number of rotatable bonds is 4. The average molecular weight is 437 g/mol. The average Bonchev–Trinajstić information content (AvgIpc) is 2.89. The highest BCUT2D eigenvalue weighted by molar-refractivity contribution is 6.07. The number of pyridine rings is 2. The van der Waals surface area contributed by atoms with Crippen molar-refractivity contribution in [2.75, 3.05) is 18.4 Å². The summed E-state index contributed by atoms with van der Waals surface area (Å²) in [6.07, 6.45) is 4.99. The van der Waals surface area contributed by atoms with E-state index in [9.17, 15) is 9.59 Å². The van der Waals surface area contributed by atoms with Crippen LogP contribution in [0.2, 0.25) is 0 Å². The fourth-order valence-corrected chi connectivity index (χ4v) is 4.33. The number of carbonyl (C=O) groups excluding carboxylic acids is 2. The standard InChI is InChI=1S/C27H24N4O2/c32-26(29-21-8-2-1-3-9-21)20-7-6-16-31(18-20)27(33)23-17-25(19-12-14-28-15-13-19)30-24-11-5-4-10-22(23)24/h1-5,8-15,17,20H,6-7,16,18H2,(H,29,32)/t20-/m1/s1. The second-order valence-corrected chi connectivity index (χ2v) is 8.25. The van der Waals surface area contributed by atoms with Gasteiger partial charge in [0.25, 0.3) is 5.91 Å². The summed E-state index contributed by atoms with van der Waals surface area (Å²) in [6, 6.07) is 22.7. The Bertz CT molecular complexity index is 1290. The summed E-state index contributed by atoms with van der Waals surface area (Å²) < 4.78 is 0. The van der Waals surface area contributed by atoms with E-state index in [1.54, 1.807) is 17.3 Å². The number of benzene rings is 2. The van der Waals surface area contributed by atoms with Gasteiger partial charge in [-0.25, -0.2) is 4.98 Å². The zero-order valence-electron chi connectivity index (χ0n) is 18.1. The Hall–Kier alpha value is -4.06. The first-order valence-electron chi connectivity index (χ1n) is 11.1. The smallest absolute Gasteiger partial charge is 0.254 e. The topological polar surface area (TPSA) is 75.2 Å². The van der Waals surface area contributed by atoms with E-state index in [-0.39, 0.29) is 17.7 Å². The van der Waals surface area contributed by atoms with Gasteiger partial charge in [-0.1, -0.05) is 36.4 Å². The van der Waals surface area contributed by atoms with Crippen LogP contribution in [0.25, 0.3) is 22.2 Å². The summed E-state index contributed by atoms with van der Waals surface area (Å²) in [5, 5.41) is 3.79. The second-order valence-electron chi connectivity index (χ2n) is 8.25. The molecule has 1 N–H and O–H groups in total. The summed E-state index contributed by atoms with van der Waals surface area (Å²) in [7, 11) is 0. The van der Waals surface area contributed by atoms with Gasteiger partial charge in [0.2, 0.25) is 5.91 Å². The lowest BCUT2D eigenvalue weighted by molar-refractivity contribution is -0.121. The molecule has 2 amide bonds. The third-order valence-electron chi connectivity index (χ3n) is 6.04. The van der Waals surface area contributed by atoms with E-state index in [4.69, 9.17) is 4.98 Å². The molecule has 4 aromatic rings. The van der Waals surface area contributed by atoms with E-state index >= 15 is 0 Å². The molecule has 6 nitrogen and oxygen atoms in total. The number of piperidine rings is 1. The van der Waals surface area contributed by atoms with Gasteiger partial charge in [0, 0.05) is 42.1 Å². The van der Waals surface area contributed by atoms with Crippen molar-refractivity contribution < 1.29 is 9.59 Å². The van der Waals surface area contributed by atoms with Gasteiger partial charge < -0.3 is 10.2 Å². The molecule has 33 heavy (non-hydrogen) atoms. The Morgan fingerprint density at radius 3 is 2.52 bits per heavy atom. The molecule has 2 aromatic carbocycles. The molecule has 6 heteroatoms. The maximum atomic E-state index is 13.7. The molecule has 1 atom stereocenters. The Labute approximate surface area is 192 Å². The molecule has 3 heterocycles. The van der Waals surface area contributed by atoms with E-state index in [2.05, 4.69) is 10.3 Å². The largest absolute Gasteiger partial charge is 0.338 e. The van der Waals surface area contributed by atoms with Crippen LogP contribution < -0.4 is 5.32 Å². The third-order valence-corrected chi connectivity index (χ3v) is 6.04. The predicted octanol–water partition coefficient (Wildman–Crippen LogP) is 4.79. The number of nitrogens with one attached hydrogen (secondary N) is 1. The number of hydrogen-bond donors (Lipinski definition) is 1. The number of para-hydroxylation sites is 2. The molecule has 0 bridgehead atoms. The summed E-state index contributed by atoms with van der Waals surface area (Å²) in [4.78, 5) is 37.2. The van der Waals surface area contributed by atoms with E-state index < -0.39 is 0 Å². The van der Waals surface area contributed by atoms with Crippen LogP contribution in [0.1, 0.15) is 23.2 Å². The molecule has 0 unspecified atom stereocenters. The van der Waals surface area contributed by atoms with E-state index in [0.29, 0.717) is 18.7 Å². The fourth-order valence-electron chi connectivity index (χ4n) is 4.33. The van der Waals surface area contributed by atoms with Crippen LogP contribution in [-0.4, -0.2) is 39.8 Å². The van der Waals surface area contributed by atoms with Crippen LogP contribution in [0.3, 0.4) is 0 Å². The van der Waals surface area contributed by atoms with E-state index in [1.807, 2.05) is 72.8 Å². The van der Waals surface area contributed by atoms with Crippen LogP contribution in [0.15, 0.2) is 85.2 Å². The zero-order valence-corrected chi connectivity index (χ0v) is 18.1. The van der Waals surface area contributed by atoms with Crippen molar-refractivity contribution in [3.8, 4) is 11.3 Å². The zero-order chi connectivity index (χ0) is 22.6. The maximum Gasteiger partial charge on any atom is 0.254 e. The highest BCUT2D eigenvalue weighted by Crippen LogP contribution is 2.27. The number of likely N-dealkylation sites (tertiary alicyclic amines) is 1. The number of anilines is 1. The van der Waals surface area contributed by atoms with Crippen molar-refractivity contribution >= 4 is 28.4 Å². The number of amides is 2. The van der Waals surface area contributed by atoms with Crippen LogP contribution in [0.5, 0.6) is 0 Å². The quantitative estimate of drug-likeness (QED) is 0.499. The van der Waals surface area contributed by atoms with Gasteiger partial charge in [-0.2, -0.15) is 0 Å². The first-order chi connectivity index (χ1) is 16.2. The number of nitrogens with zero attached hydrogens (tertiary/aromatic N) is 3. The Kier molecular flexibility index (Phi) is 5.81. The first-order valence-corrected chi connectivity index (χ1v) is 11.1. The fraction of sp³-hybridized carbons (Fsp3) is 0.185. The normalized spacial score (nSPS) is 15.9. The number of fused-ring (bicyclic) bond motifs is 1. The minimum atomic E-state index is -0.240. The van der Waals surface area contributed by atoms with Crippen LogP contribution in [0, 0.1) is 5.92 Å². The van der Waals surface area contributed by atoms with Crippen LogP contribution >= 0.6 is 0 Å². The van der Waals surface area contributed by atoms with Crippen molar-refractivity contribution in [3.05, 3.63) is 90.8 Å². The molecule has 0 aliphatic carbocycles. The molecule has 1 aliphatic heterocycles. The molecule has 5 rings (SSSR count). The van der Waals surface area contributed by atoms with Crippen molar-refractivity contribution in [2.24, 2.45) is 5.92 Å². The highest BCUT2D eigenvalue weighted by Gasteiger charge is 2.30. The monoisotopic (exact) mass is 436 g/mol. The molecule has 0 saturated carbocycles. The number of aromatic nitrogens is 2. The molecule has 1 aliphatic rings. The minimum absolute atomic E-state index is 0.0456. The van der Waals surface area contributed by atoms with Crippen molar-refractivity contribution in [1.82, 2.24) is 14.9 Å². The predicted molar refractivity (Wildman–Crippen MR) is 129 cm³/mol. The Morgan fingerprint density at radius 2 is 1.70 bits per heavy atom. The SMILES string of the molecule is O=C(Nc1ccccc1)[C@@H]1CCCN(C(=O)c2cc(-c3ccncc3)nc3ccccc23)C1. The van der Waals surface area contributed by atoms with Gasteiger partial charge in [-0.15, -0.1) is 0 Å². The lowest BCUT2D eigenvalue weighted by atomic mass is 9.95. The number of hydrogen-bond acceptors (Lipinski definition) is 4. The summed E-state index contributed by atoms with van der Waals surface area (Å²) in [5.74, 6) is -0.354. The van der Waals surface area contributed by atoms with Gasteiger partial charge in [0.15, 0.2) is 0 Å². The molecule has 164 valence electrons. The molecule has 0 radical (unpaired) electrons. The lowest BCUT2D eigenvalue weighted by Crippen LogP contribution is -2.43. The van der Waals surface area contributed by atoms with Gasteiger partial charge in [0.05, 0.1) is 22.7 Å². The molecule has 2 aromatic heterocycles. The van der Waals surface area contributed by atoms with Gasteiger partial charge in [-0.05, 0) is 49.2 Å². The van der Waals surface area contributed by atoms with Gasteiger partial charge >= 0.3 is 0 Å². The molecule has 0 spiro atoms. The minimum Gasteiger partial charge on any atom is -0.338 e. The van der Waals surface area contributed by atoms with Crippen molar-refractivity contribution in [1.29, 1.82) is 0 Å². The maximum absolute atomic E-state index is 13.7. The van der Waals surface area contributed by atoms with Gasteiger partial charge in [0.1, 0.15) is 0 Å². The molecule has 1 saturated heterocycles. The Balaban J connectivity index is 1.42. The number of carbonyl (C=O) groups is 2. The molecular weight excluding hydrogens is 412 g/mol. The second kappa shape index (κ2) is 9.20. The lowest BCUT2D eigenvalue weighted by Gasteiger charge is -2.32. The highest BCUT2D eigenvalue weighted by atomic mass is 16.2. The van der Waals surface area contributed by atoms with Crippen molar-refractivity contribution in [3.63, 3.8) is 0 Å². The van der Waals surface area contributed by atoms with E-state index in [1.165, 1.54) is 0 Å². The summed E-state index contributed by atoms with van der Waals surface area (Å²) >= 11 is 0. The molecule has 1 fully saturated rings. The van der Waals surface area contributed by atoms with Crippen LogP contribution in [0.4, 0.5) is 5.69 Å². The van der Waals surface area contributed by atoms with Gasteiger partial charge in [-0.3, -0.25) is 14.6 Å².